The summed E-state index contributed by atoms with van der Waals surface area (Å²) in [5.41, 5.74) is -0.864. The van der Waals surface area contributed by atoms with Gasteiger partial charge in [0.2, 0.25) is 5.91 Å². The summed E-state index contributed by atoms with van der Waals surface area (Å²) in [6.07, 6.45) is 1.33. The van der Waals surface area contributed by atoms with Crippen LogP contribution in [0.25, 0.3) is 0 Å². The first kappa shape index (κ1) is 12.7. The predicted molar refractivity (Wildman–Crippen MR) is 61.2 cm³/mol. The highest BCUT2D eigenvalue weighted by Gasteiger charge is 2.51. The first-order valence-electron chi connectivity index (χ1n) is 5.59. The number of imide groups is 1. The molecule has 0 aliphatic carbocycles. The van der Waals surface area contributed by atoms with Crippen molar-refractivity contribution in [1.82, 2.24) is 10.2 Å². The number of carbonyl (C=O) groups excluding carboxylic acids is 2. The number of amidine groups is 1. The van der Waals surface area contributed by atoms with E-state index in [1.807, 2.05) is 20.8 Å². The molecule has 0 aromatic rings. The number of amides is 3. The van der Waals surface area contributed by atoms with Crippen molar-refractivity contribution in [3.05, 3.63) is 0 Å². The van der Waals surface area contributed by atoms with Crippen LogP contribution in [0.5, 0.6) is 0 Å². The Morgan fingerprint density at radius 2 is 2.00 bits per heavy atom. The standard InChI is InChI=1S/C11H19N3O2/c1-5-7(3)11(6-2)8(12)14(4)10(16)13-9(11)15/h7,12H,5-6H2,1-4H3,(H,13,15,16)/t7-,11-/m1/s1. The van der Waals surface area contributed by atoms with Gasteiger partial charge in [-0.2, -0.15) is 0 Å². The number of hydrogen-bond acceptors (Lipinski definition) is 3. The number of carbonyl (C=O) groups is 2. The minimum atomic E-state index is -0.864. The highest BCUT2D eigenvalue weighted by Crippen LogP contribution is 2.38. The molecule has 0 saturated carbocycles. The quantitative estimate of drug-likeness (QED) is 0.765. The average Bonchev–Trinajstić information content (AvgIpc) is 2.27. The smallest absolute Gasteiger partial charge is 0.287 e. The van der Waals surface area contributed by atoms with Gasteiger partial charge >= 0.3 is 6.03 Å². The van der Waals surface area contributed by atoms with Crippen molar-refractivity contribution in [3.8, 4) is 0 Å². The molecule has 1 aliphatic rings. The SMILES string of the molecule is CC[C@@H](C)[C@]1(CC)C(=N)N(C)C(=O)NC1=O. The first-order valence-corrected chi connectivity index (χ1v) is 5.59. The molecule has 5 nitrogen and oxygen atoms in total. The first-order chi connectivity index (χ1) is 7.41. The van der Waals surface area contributed by atoms with Gasteiger partial charge in [0.1, 0.15) is 11.3 Å². The molecular formula is C11H19N3O2. The lowest BCUT2D eigenvalue weighted by Gasteiger charge is -2.43. The van der Waals surface area contributed by atoms with Crippen LogP contribution >= 0.6 is 0 Å². The summed E-state index contributed by atoms with van der Waals surface area (Å²) in [6, 6.07) is -0.512. The average molecular weight is 225 g/mol. The number of rotatable bonds is 3. The van der Waals surface area contributed by atoms with E-state index >= 15 is 0 Å². The summed E-state index contributed by atoms with van der Waals surface area (Å²) in [5, 5.41) is 10.4. The fourth-order valence-electron chi connectivity index (χ4n) is 2.28. The van der Waals surface area contributed by atoms with Gasteiger partial charge in [-0.05, 0) is 12.3 Å². The molecule has 0 aromatic heterocycles. The zero-order valence-corrected chi connectivity index (χ0v) is 10.3. The van der Waals surface area contributed by atoms with E-state index in [0.29, 0.717) is 6.42 Å². The Hall–Kier alpha value is -1.39. The van der Waals surface area contributed by atoms with Crippen molar-refractivity contribution < 1.29 is 9.59 Å². The van der Waals surface area contributed by atoms with Gasteiger partial charge in [-0.25, -0.2) is 4.79 Å². The Bertz CT molecular complexity index is 340. The van der Waals surface area contributed by atoms with E-state index in [2.05, 4.69) is 5.32 Å². The van der Waals surface area contributed by atoms with Crippen LogP contribution in [0, 0.1) is 16.7 Å². The molecule has 0 radical (unpaired) electrons. The number of nitrogens with zero attached hydrogens (tertiary/aromatic N) is 1. The Kier molecular flexibility index (Phi) is 3.35. The summed E-state index contributed by atoms with van der Waals surface area (Å²) < 4.78 is 0. The predicted octanol–water partition coefficient (Wildman–Crippen LogP) is 1.59. The fraction of sp³-hybridized carbons (Fsp3) is 0.727. The Labute approximate surface area is 95.7 Å². The zero-order chi connectivity index (χ0) is 12.5. The molecule has 1 rings (SSSR count). The van der Waals surface area contributed by atoms with Crippen molar-refractivity contribution in [3.63, 3.8) is 0 Å². The van der Waals surface area contributed by atoms with Gasteiger partial charge < -0.3 is 0 Å². The van der Waals surface area contributed by atoms with Crippen molar-refractivity contribution in [2.45, 2.75) is 33.6 Å². The molecule has 2 atom stereocenters. The summed E-state index contributed by atoms with van der Waals surface area (Å²) in [6.45, 7) is 5.81. The van der Waals surface area contributed by atoms with Gasteiger partial charge in [0, 0.05) is 7.05 Å². The van der Waals surface area contributed by atoms with Crippen LogP contribution in [0.3, 0.4) is 0 Å². The van der Waals surface area contributed by atoms with Gasteiger partial charge in [0.15, 0.2) is 0 Å². The van der Waals surface area contributed by atoms with Gasteiger partial charge in [-0.15, -0.1) is 0 Å². The molecule has 1 heterocycles. The molecule has 2 N–H and O–H groups in total. The second-order valence-corrected chi connectivity index (χ2v) is 4.30. The lowest BCUT2D eigenvalue weighted by atomic mass is 9.70. The van der Waals surface area contributed by atoms with Gasteiger partial charge in [0.25, 0.3) is 0 Å². The van der Waals surface area contributed by atoms with E-state index in [9.17, 15) is 9.59 Å². The van der Waals surface area contributed by atoms with Gasteiger partial charge in [-0.1, -0.05) is 27.2 Å². The van der Waals surface area contributed by atoms with Crippen molar-refractivity contribution in [1.29, 1.82) is 5.41 Å². The molecule has 5 heteroatoms. The van der Waals surface area contributed by atoms with E-state index < -0.39 is 11.4 Å². The number of urea groups is 1. The van der Waals surface area contributed by atoms with E-state index in [1.165, 1.54) is 11.9 Å². The topological polar surface area (TPSA) is 73.3 Å². The molecule has 0 spiro atoms. The molecule has 3 amide bonds. The zero-order valence-electron chi connectivity index (χ0n) is 10.3. The fourth-order valence-corrected chi connectivity index (χ4v) is 2.28. The van der Waals surface area contributed by atoms with Crippen molar-refractivity contribution in [2.75, 3.05) is 7.05 Å². The molecule has 1 fully saturated rings. The summed E-state index contributed by atoms with van der Waals surface area (Å²) in [7, 11) is 1.52. The van der Waals surface area contributed by atoms with Crippen LogP contribution in [-0.4, -0.2) is 29.7 Å². The Morgan fingerprint density at radius 1 is 1.44 bits per heavy atom. The minimum Gasteiger partial charge on any atom is -0.287 e. The highest BCUT2D eigenvalue weighted by atomic mass is 16.2. The maximum Gasteiger partial charge on any atom is 0.329 e. The summed E-state index contributed by atoms with van der Waals surface area (Å²) in [4.78, 5) is 24.6. The summed E-state index contributed by atoms with van der Waals surface area (Å²) >= 11 is 0. The van der Waals surface area contributed by atoms with Crippen LogP contribution in [0.15, 0.2) is 0 Å². The van der Waals surface area contributed by atoms with E-state index in [0.717, 1.165) is 6.42 Å². The largest absolute Gasteiger partial charge is 0.329 e. The molecule has 1 aliphatic heterocycles. The lowest BCUT2D eigenvalue weighted by Crippen LogP contribution is -2.64. The van der Waals surface area contributed by atoms with Gasteiger partial charge in [0.05, 0.1) is 0 Å². The van der Waals surface area contributed by atoms with Crippen LogP contribution in [0.1, 0.15) is 33.6 Å². The molecule has 0 unspecified atom stereocenters. The molecule has 0 bridgehead atoms. The summed E-state index contributed by atoms with van der Waals surface area (Å²) in [5.74, 6) is -0.184. The van der Waals surface area contributed by atoms with E-state index in [1.54, 1.807) is 0 Å². The third kappa shape index (κ3) is 1.50. The maximum absolute atomic E-state index is 12.0. The number of hydrogen-bond donors (Lipinski definition) is 2. The second-order valence-electron chi connectivity index (χ2n) is 4.30. The third-order valence-electron chi connectivity index (χ3n) is 3.70. The van der Waals surface area contributed by atoms with Crippen molar-refractivity contribution >= 4 is 17.8 Å². The van der Waals surface area contributed by atoms with Crippen molar-refractivity contribution in [2.24, 2.45) is 11.3 Å². The van der Waals surface area contributed by atoms with E-state index in [-0.39, 0.29) is 17.7 Å². The minimum absolute atomic E-state index is 0.0422. The Morgan fingerprint density at radius 3 is 2.44 bits per heavy atom. The van der Waals surface area contributed by atoms with Crippen LogP contribution in [0.4, 0.5) is 4.79 Å². The van der Waals surface area contributed by atoms with Crippen LogP contribution < -0.4 is 5.32 Å². The number of nitrogens with one attached hydrogen (secondary N) is 2. The Balaban J connectivity index is 3.21. The van der Waals surface area contributed by atoms with Crippen LogP contribution in [0.2, 0.25) is 0 Å². The molecule has 16 heavy (non-hydrogen) atoms. The van der Waals surface area contributed by atoms with E-state index in [4.69, 9.17) is 5.41 Å². The third-order valence-corrected chi connectivity index (χ3v) is 3.70. The van der Waals surface area contributed by atoms with Gasteiger partial charge in [-0.3, -0.25) is 20.4 Å². The monoisotopic (exact) mass is 225 g/mol. The second kappa shape index (κ2) is 4.23. The normalized spacial score (nSPS) is 28.0. The molecule has 1 saturated heterocycles. The lowest BCUT2D eigenvalue weighted by molar-refractivity contribution is -0.130. The maximum atomic E-state index is 12.0. The molecular weight excluding hydrogens is 206 g/mol. The molecule has 0 aromatic carbocycles. The highest BCUT2D eigenvalue weighted by molar-refractivity contribution is 6.20. The molecule has 90 valence electrons. The van der Waals surface area contributed by atoms with Crippen LogP contribution in [-0.2, 0) is 4.79 Å².